The van der Waals surface area contributed by atoms with Gasteiger partial charge in [-0.3, -0.25) is 4.99 Å². The molecule has 2 aromatic rings. The monoisotopic (exact) mass is 287 g/mol. The molecule has 1 aliphatic rings. The van der Waals surface area contributed by atoms with Crippen LogP contribution in [0.15, 0.2) is 53.5 Å². The van der Waals surface area contributed by atoms with Crippen molar-refractivity contribution in [3.8, 4) is 11.5 Å². The molecule has 0 amide bonds. The molecule has 0 radical (unpaired) electrons. The lowest BCUT2D eigenvalue weighted by Crippen LogP contribution is -2.31. The normalized spacial score (nSPS) is 17.4. The molecule has 1 atom stereocenters. The maximum absolute atomic E-state index is 6.07. The first kappa shape index (κ1) is 13.0. The highest BCUT2D eigenvalue weighted by atomic mass is 35.5. The van der Waals surface area contributed by atoms with Gasteiger partial charge in [0.1, 0.15) is 6.61 Å². The Kier molecular flexibility index (Phi) is 3.88. The van der Waals surface area contributed by atoms with Crippen LogP contribution in [-0.4, -0.2) is 25.5 Å². The lowest BCUT2D eigenvalue weighted by atomic mass is 10.2. The third-order valence-corrected chi connectivity index (χ3v) is 3.36. The maximum atomic E-state index is 6.07. The number of halogens is 1. The first-order valence-electron chi connectivity index (χ1n) is 6.46. The van der Waals surface area contributed by atoms with Crippen molar-refractivity contribution in [2.75, 3.05) is 13.2 Å². The van der Waals surface area contributed by atoms with E-state index in [-0.39, 0.29) is 6.10 Å². The second kappa shape index (κ2) is 5.97. The molecule has 3 rings (SSSR count). The minimum Gasteiger partial charge on any atom is -0.486 e. The van der Waals surface area contributed by atoms with E-state index in [0.717, 1.165) is 17.1 Å². The van der Waals surface area contributed by atoms with Gasteiger partial charge in [-0.1, -0.05) is 41.9 Å². The van der Waals surface area contributed by atoms with Crippen molar-refractivity contribution in [3.63, 3.8) is 0 Å². The van der Waals surface area contributed by atoms with Crippen LogP contribution in [0.2, 0.25) is 5.02 Å². The van der Waals surface area contributed by atoms with Crippen LogP contribution in [0.5, 0.6) is 11.5 Å². The molecule has 0 spiro atoms. The minimum atomic E-state index is -0.0661. The Morgan fingerprint density at radius 3 is 2.70 bits per heavy atom. The summed E-state index contributed by atoms with van der Waals surface area (Å²) in [5.41, 5.74) is 0.909. The van der Waals surface area contributed by atoms with Gasteiger partial charge in [0.2, 0.25) is 0 Å². The Balaban J connectivity index is 1.62. The summed E-state index contributed by atoms with van der Waals surface area (Å²) in [5.74, 6) is 1.57. The molecule has 0 N–H and O–H groups in total. The van der Waals surface area contributed by atoms with Crippen molar-refractivity contribution in [2.45, 2.75) is 6.10 Å². The maximum Gasteiger partial charge on any atom is 0.161 e. The molecular formula is C16H14ClNO2. The highest BCUT2D eigenvalue weighted by Gasteiger charge is 2.19. The molecule has 0 saturated heterocycles. The summed E-state index contributed by atoms with van der Waals surface area (Å²) in [5, 5.41) is 0.697. The smallest absolute Gasteiger partial charge is 0.161 e. The standard InChI is InChI=1S/C16H14ClNO2/c17-14-6-2-1-5-12(14)9-18-10-13-11-19-15-7-3-4-8-16(15)20-13/h1-9,13H,10-11H2. The van der Waals surface area contributed by atoms with Crippen LogP contribution < -0.4 is 9.47 Å². The number of ether oxygens (including phenoxy) is 2. The summed E-state index contributed by atoms with van der Waals surface area (Å²) in [6.45, 7) is 1.05. The number of fused-ring (bicyclic) bond motifs is 1. The van der Waals surface area contributed by atoms with Gasteiger partial charge in [0.05, 0.1) is 6.54 Å². The first-order chi connectivity index (χ1) is 9.83. The predicted octanol–water partition coefficient (Wildman–Crippen LogP) is 3.60. The average Bonchev–Trinajstić information content (AvgIpc) is 2.49. The van der Waals surface area contributed by atoms with E-state index < -0.39 is 0 Å². The van der Waals surface area contributed by atoms with E-state index in [9.17, 15) is 0 Å². The van der Waals surface area contributed by atoms with Crippen LogP contribution in [0.1, 0.15) is 5.56 Å². The zero-order valence-electron chi connectivity index (χ0n) is 10.8. The van der Waals surface area contributed by atoms with Gasteiger partial charge in [0, 0.05) is 16.8 Å². The Labute approximate surface area is 122 Å². The van der Waals surface area contributed by atoms with E-state index in [1.807, 2.05) is 48.5 Å². The number of hydrogen-bond donors (Lipinski definition) is 0. The summed E-state index contributed by atoms with van der Waals surface area (Å²) >= 11 is 6.07. The third-order valence-electron chi connectivity index (χ3n) is 3.01. The molecule has 4 heteroatoms. The summed E-state index contributed by atoms with van der Waals surface area (Å²) < 4.78 is 11.5. The van der Waals surface area contributed by atoms with Gasteiger partial charge in [0.15, 0.2) is 17.6 Å². The van der Waals surface area contributed by atoms with Crippen LogP contribution >= 0.6 is 11.6 Å². The van der Waals surface area contributed by atoms with Crippen molar-refractivity contribution in [1.29, 1.82) is 0 Å². The highest BCUT2D eigenvalue weighted by molar-refractivity contribution is 6.33. The van der Waals surface area contributed by atoms with E-state index in [1.165, 1.54) is 0 Å². The molecule has 0 bridgehead atoms. The molecule has 0 aliphatic carbocycles. The molecule has 1 unspecified atom stereocenters. The largest absolute Gasteiger partial charge is 0.486 e. The fourth-order valence-electron chi connectivity index (χ4n) is 2.00. The van der Waals surface area contributed by atoms with Gasteiger partial charge in [0.25, 0.3) is 0 Å². The Bertz CT molecular complexity index is 627. The Hall–Kier alpha value is -2.00. The number of rotatable bonds is 3. The van der Waals surface area contributed by atoms with Crippen molar-refractivity contribution >= 4 is 17.8 Å². The van der Waals surface area contributed by atoms with E-state index >= 15 is 0 Å². The van der Waals surface area contributed by atoms with Crippen LogP contribution in [0.4, 0.5) is 0 Å². The first-order valence-corrected chi connectivity index (χ1v) is 6.83. The summed E-state index contributed by atoms with van der Waals surface area (Å²) in [4.78, 5) is 4.38. The van der Waals surface area contributed by atoms with E-state index in [4.69, 9.17) is 21.1 Å². The van der Waals surface area contributed by atoms with Gasteiger partial charge in [-0.05, 0) is 18.2 Å². The molecule has 1 aliphatic heterocycles. The molecule has 1 heterocycles. The zero-order chi connectivity index (χ0) is 13.8. The molecule has 2 aromatic carbocycles. The lowest BCUT2D eigenvalue weighted by Gasteiger charge is -2.25. The summed E-state index contributed by atoms with van der Waals surface area (Å²) in [7, 11) is 0. The Morgan fingerprint density at radius 2 is 1.85 bits per heavy atom. The minimum absolute atomic E-state index is 0.0661. The highest BCUT2D eigenvalue weighted by Crippen LogP contribution is 2.30. The van der Waals surface area contributed by atoms with Gasteiger partial charge in [-0.25, -0.2) is 0 Å². The lowest BCUT2D eigenvalue weighted by molar-refractivity contribution is 0.0973. The van der Waals surface area contributed by atoms with Gasteiger partial charge in [-0.15, -0.1) is 0 Å². The number of hydrogen-bond acceptors (Lipinski definition) is 3. The molecular weight excluding hydrogens is 274 g/mol. The number of para-hydroxylation sites is 2. The zero-order valence-corrected chi connectivity index (χ0v) is 11.6. The topological polar surface area (TPSA) is 30.8 Å². The fourth-order valence-corrected chi connectivity index (χ4v) is 2.19. The Morgan fingerprint density at radius 1 is 1.10 bits per heavy atom. The van der Waals surface area contributed by atoms with E-state index in [0.29, 0.717) is 18.2 Å². The molecule has 3 nitrogen and oxygen atoms in total. The second-order valence-corrected chi connectivity index (χ2v) is 4.92. The molecule has 102 valence electrons. The van der Waals surface area contributed by atoms with Crippen molar-refractivity contribution in [2.24, 2.45) is 4.99 Å². The molecule has 0 saturated carbocycles. The van der Waals surface area contributed by atoms with Crippen molar-refractivity contribution < 1.29 is 9.47 Å². The second-order valence-electron chi connectivity index (χ2n) is 4.51. The van der Waals surface area contributed by atoms with Crippen LogP contribution in [0.25, 0.3) is 0 Å². The average molecular weight is 288 g/mol. The SMILES string of the molecule is Clc1ccccc1C=NCC1COc2ccccc2O1. The van der Waals surface area contributed by atoms with Gasteiger partial charge >= 0.3 is 0 Å². The number of benzene rings is 2. The quantitative estimate of drug-likeness (QED) is 0.808. The van der Waals surface area contributed by atoms with E-state index in [1.54, 1.807) is 6.21 Å². The molecule has 0 fully saturated rings. The van der Waals surface area contributed by atoms with Crippen molar-refractivity contribution in [3.05, 3.63) is 59.1 Å². The van der Waals surface area contributed by atoms with Gasteiger partial charge < -0.3 is 9.47 Å². The number of nitrogens with zero attached hydrogens (tertiary/aromatic N) is 1. The van der Waals surface area contributed by atoms with Gasteiger partial charge in [-0.2, -0.15) is 0 Å². The summed E-state index contributed by atoms with van der Waals surface area (Å²) in [6.07, 6.45) is 1.70. The number of aliphatic imine (C=N–C) groups is 1. The molecule has 20 heavy (non-hydrogen) atoms. The predicted molar refractivity (Wildman–Crippen MR) is 80.3 cm³/mol. The third kappa shape index (κ3) is 2.94. The van der Waals surface area contributed by atoms with Crippen LogP contribution in [0, 0.1) is 0 Å². The molecule has 0 aromatic heterocycles. The van der Waals surface area contributed by atoms with E-state index in [2.05, 4.69) is 4.99 Å². The van der Waals surface area contributed by atoms with Crippen LogP contribution in [-0.2, 0) is 0 Å². The summed E-state index contributed by atoms with van der Waals surface area (Å²) in [6, 6.07) is 15.3. The van der Waals surface area contributed by atoms with Crippen molar-refractivity contribution in [1.82, 2.24) is 0 Å². The fraction of sp³-hybridized carbons (Fsp3) is 0.188. The van der Waals surface area contributed by atoms with Crippen LogP contribution in [0.3, 0.4) is 0 Å².